The lowest BCUT2D eigenvalue weighted by Gasteiger charge is -2.16. The molecule has 4 N–H and O–H groups in total. The molecule has 0 saturated heterocycles. The van der Waals surface area contributed by atoms with Crippen LogP contribution in [0.15, 0.2) is 0 Å². The van der Waals surface area contributed by atoms with E-state index in [4.69, 9.17) is 10.9 Å². The summed E-state index contributed by atoms with van der Waals surface area (Å²) in [7, 11) is 0. The first kappa shape index (κ1) is 10.3. The summed E-state index contributed by atoms with van der Waals surface area (Å²) in [6, 6.07) is 0. The van der Waals surface area contributed by atoms with Gasteiger partial charge in [-0.3, -0.25) is 15.1 Å². The molecule has 0 aliphatic heterocycles. The van der Waals surface area contributed by atoms with E-state index in [-0.39, 0.29) is 19.1 Å². The van der Waals surface area contributed by atoms with Gasteiger partial charge in [0.15, 0.2) is 0 Å². The minimum Gasteiger partial charge on any atom is -0.395 e. The molecule has 0 bridgehead atoms. The van der Waals surface area contributed by atoms with Crippen LogP contribution >= 0.6 is 0 Å². The molecule has 0 rings (SSSR count). The van der Waals surface area contributed by atoms with Crippen molar-refractivity contribution < 1.29 is 9.90 Å². The number of rotatable bonds is 5. The van der Waals surface area contributed by atoms with Crippen LogP contribution < -0.4 is 11.3 Å². The highest BCUT2D eigenvalue weighted by molar-refractivity contribution is 5.77. The van der Waals surface area contributed by atoms with Gasteiger partial charge in [0.25, 0.3) is 0 Å². The highest BCUT2D eigenvalue weighted by atomic mass is 16.3. The van der Waals surface area contributed by atoms with E-state index in [0.717, 1.165) is 0 Å². The number of hydrazine groups is 1. The number of amides is 1. The van der Waals surface area contributed by atoms with E-state index in [2.05, 4.69) is 0 Å². The van der Waals surface area contributed by atoms with E-state index in [9.17, 15) is 4.79 Å². The summed E-state index contributed by atoms with van der Waals surface area (Å²) < 4.78 is 0. The predicted octanol–water partition coefficient (Wildman–Crippen LogP) is -1.55. The smallest absolute Gasteiger partial charge is 0.248 e. The van der Waals surface area contributed by atoms with Gasteiger partial charge in [-0.25, -0.2) is 5.84 Å². The number of likely N-dealkylation sites (N-methyl/N-ethyl adjacent to an activating group) is 1. The molecule has 0 aliphatic rings. The third-order valence-corrected chi connectivity index (χ3v) is 1.25. The zero-order valence-electron chi connectivity index (χ0n) is 6.58. The van der Waals surface area contributed by atoms with E-state index < -0.39 is 0 Å². The Balaban J connectivity index is 3.58. The molecular formula is C6H14N3O2. The van der Waals surface area contributed by atoms with Crippen LogP contribution in [0.5, 0.6) is 0 Å². The average Bonchev–Trinajstić information content (AvgIpc) is 2.03. The molecule has 11 heavy (non-hydrogen) atoms. The molecule has 0 fully saturated rings. The average molecular weight is 160 g/mol. The van der Waals surface area contributed by atoms with Crippen molar-refractivity contribution in [2.45, 2.75) is 6.92 Å². The lowest BCUT2D eigenvalue weighted by Crippen LogP contribution is -2.39. The third-order valence-electron chi connectivity index (χ3n) is 1.25. The molecule has 0 aromatic carbocycles. The molecular weight excluding hydrogens is 146 g/mol. The van der Waals surface area contributed by atoms with E-state index in [0.29, 0.717) is 6.54 Å². The van der Waals surface area contributed by atoms with Gasteiger partial charge in [-0.2, -0.15) is 0 Å². The maximum atomic E-state index is 10.7. The highest BCUT2D eigenvalue weighted by Crippen LogP contribution is 1.89. The SMILES string of the molecule is CCN([CH]CO)CC(=O)NN. The topological polar surface area (TPSA) is 78.6 Å². The van der Waals surface area contributed by atoms with Gasteiger partial charge in [-0.15, -0.1) is 0 Å². The van der Waals surface area contributed by atoms with Gasteiger partial charge in [0.1, 0.15) is 0 Å². The summed E-state index contributed by atoms with van der Waals surface area (Å²) >= 11 is 0. The van der Waals surface area contributed by atoms with Gasteiger partial charge in [-0.05, 0) is 6.54 Å². The first-order valence-electron chi connectivity index (χ1n) is 3.42. The van der Waals surface area contributed by atoms with Crippen molar-refractivity contribution in [3.05, 3.63) is 6.54 Å². The van der Waals surface area contributed by atoms with E-state index in [1.54, 1.807) is 4.90 Å². The molecule has 0 heterocycles. The Morgan fingerprint density at radius 1 is 1.82 bits per heavy atom. The van der Waals surface area contributed by atoms with Crippen molar-refractivity contribution in [1.29, 1.82) is 0 Å². The van der Waals surface area contributed by atoms with E-state index in [1.165, 1.54) is 6.54 Å². The second kappa shape index (κ2) is 6.09. The van der Waals surface area contributed by atoms with Crippen LogP contribution in [0.4, 0.5) is 0 Å². The predicted molar refractivity (Wildman–Crippen MR) is 41.0 cm³/mol. The van der Waals surface area contributed by atoms with Gasteiger partial charge in [0.05, 0.1) is 19.7 Å². The van der Waals surface area contributed by atoms with Gasteiger partial charge >= 0.3 is 0 Å². The molecule has 65 valence electrons. The minimum absolute atomic E-state index is 0.0638. The summed E-state index contributed by atoms with van der Waals surface area (Å²) in [6.07, 6.45) is 0. The summed E-state index contributed by atoms with van der Waals surface area (Å²) in [5.74, 6) is 4.60. The maximum absolute atomic E-state index is 10.7. The van der Waals surface area contributed by atoms with Crippen molar-refractivity contribution in [3.8, 4) is 0 Å². The fourth-order valence-electron chi connectivity index (χ4n) is 0.651. The number of aliphatic hydroxyl groups excluding tert-OH is 1. The van der Waals surface area contributed by atoms with Crippen LogP contribution in [0.25, 0.3) is 0 Å². The molecule has 0 unspecified atom stereocenters. The van der Waals surface area contributed by atoms with Crippen LogP contribution in [0.3, 0.4) is 0 Å². The van der Waals surface area contributed by atoms with Gasteiger partial charge in [0.2, 0.25) is 5.91 Å². The van der Waals surface area contributed by atoms with Gasteiger partial charge in [-0.1, -0.05) is 6.92 Å². The zero-order chi connectivity index (χ0) is 8.69. The maximum Gasteiger partial charge on any atom is 0.248 e. The lowest BCUT2D eigenvalue weighted by molar-refractivity contribution is -0.122. The normalized spacial score (nSPS) is 10.2. The molecule has 1 amide bonds. The number of hydrogen-bond donors (Lipinski definition) is 3. The highest BCUT2D eigenvalue weighted by Gasteiger charge is 2.06. The Hall–Kier alpha value is -0.650. The fraction of sp³-hybridized carbons (Fsp3) is 0.667. The number of nitrogens with zero attached hydrogens (tertiary/aromatic N) is 1. The van der Waals surface area contributed by atoms with Crippen molar-refractivity contribution in [1.82, 2.24) is 10.3 Å². The second-order valence-corrected chi connectivity index (χ2v) is 2.00. The van der Waals surface area contributed by atoms with E-state index >= 15 is 0 Å². The molecule has 1 radical (unpaired) electrons. The molecule has 0 aromatic heterocycles. The molecule has 5 heteroatoms. The standard InChI is InChI=1S/C6H14N3O2/c1-2-9(3-4-10)5-6(11)8-7/h3,10H,2,4-5,7H2,1H3,(H,8,11). The summed E-state index contributed by atoms with van der Waals surface area (Å²) in [5, 5.41) is 8.49. The van der Waals surface area contributed by atoms with Gasteiger partial charge in [0, 0.05) is 0 Å². The quantitative estimate of drug-likeness (QED) is 0.258. The second-order valence-electron chi connectivity index (χ2n) is 2.00. The molecule has 0 saturated carbocycles. The van der Waals surface area contributed by atoms with E-state index in [1.807, 2.05) is 12.3 Å². The molecule has 0 spiro atoms. The van der Waals surface area contributed by atoms with Crippen LogP contribution in [-0.4, -0.2) is 35.6 Å². The Morgan fingerprint density at radius 2 is 2.45 bits per heavy atom. The number of aliphatic hydroxyl groups is 1. The largest absolute Gasteiger partial charge is 0.395 e. The van der Waals surface area contributed by atoms with Crippen molar-refractivity contribution in [3.63, 3.8) is 0 Å². The van der Waals surface area contributed by atoms with Crippen molar-refractivity contribution in [2.24, 2.45) is 5.84 Å². The first-order valence-corrected chi connectivity index (χ1v) is 3.42. The lowest BCUT2D eigenvalue weighted by atomic mass is 10.4. The van der Waals surface area contributed by atoms with Crippen LogP contribution in [0.1, 0.15) is 6.92 Å². The fourth-order valence-corrected chi connectivity index (χ4v) is 0.651. The Morgan fingerprint density at radius 3 is 2.82 bits per heavy atom. The summed E-state index contributed by atoms with van der Waals surface area (Å²) in [6.45, 7) is 4.22. The molecule has 0 atom stereocenters. The number of nitrogens with two attached hydrogens (primary N) is 1. The third kappa shape index (κ3) is 4.72. The monoisotopic (exact) mass is 160 g/mol. The summed E-state index contributed by atoms with van der Waals surface area (Å²) in [5.41, 5.74) is 2.01. The van der Waals surface area contributed by atoms with Crippen LogP contribution in [0, 0.1) is 6.54 Å². The van der Waals surface area contributed by atoms with Crippen molar-refractivity contribution >= 4 is 5.91 Å². The summed E-state index contributed by atoms with van der Waals surface area (Å²) in [4.78, 5) is 12.3. The Kier molecular flexibility index (Phi) is 5.73. The molecule has 0 aromatic rings. The first-order chi connectivity index (χ1) is 5.24. The molecule has 5 nitrogen and oxygen atoms in total. The van der Waals surface area contributed by atoms with Crippen molar-refractivity contribution in [2.75, 3.05) is 19.7 Å². The molecule has 0 aliphatic carbocycles. The Bertz CT molecular complexity index is 118. The van der Waals surface area contributed by atoms with Crippen LogP contribution in [-0.2, 0) is 4.79 Å². The number of carbonyl (C=O) groups excluding carboxylic acids is 1. The number of hydrogen-bond acceptors (Lipinski definition) is 4. The Labute approximate surface area is 66.1 Å². The minimum atomic E-state index is -0.267. The van der Waals surface area contributed by atoms with Crippen LogP contribution in [0.2, 0.25) is 0 Å². The van der Waals surface area contributed by atoms with Gasteiger partial charge < -0.3 is 5.11 Å². The zero-order valence-corrected chi connectivity index (χ0v) is 6.58. The number of nitrogens with one attached hydrogen (secondary N) is 1. The number of carbonyl (C=O) groups is 1.